The molecule has 1 spiro atoms. The first-order valence-electron chi connectivity index (χ1n) is 15.2. The van der Waals surface area contributed by atoms with E-state index in [0.717, 1.165) is 5.75 Å². The first-order valence-corrected chi connectivity index (χ1v) is 16.8. The van der Waals surface area contributed by atoms with E-state index >= 15 is 0 Å². The molecule has 2 aromatic heterocycles. The molecule has 0 saturated heterocycles. The summed E-state index contributed by atoms with van der Waals surface area (Å²) in [6.07, 6.45) is 7.07. The molecule has 2 aliphatic carbocycles. The molecule has 0 radical (unpaired) electrons. The monoisotopic (exact) mass is 598 g/mol. The van der Waals surface area contributed by atoms with E-state index in [-0.39, 0.29) is 17.4 Å². The molecule has 3 heterocycles. The van der Waals surface area contributed by atoms with Gasteiger partial charge in [0.15, 0.2) is 0 Å². The fraction of sp³-hybridized carbons (Fsp3) is 0.0732. The van der Waals surface area contributed by atoms with Gasteiger partial charge in [0.2, 0.25) is 0 Å². The molecule has 208 valence electrons. The fourth-order valence-corrected chi connectivity index (χ4v) is 10.2. The predicted molar refractivity (Wildman–Crippen MR) is 186 cm³/mol. The number of thiophene rings is 2. The second-order valence-corrected chi connectivity index (χ2v) is 14.1. The lowest BCUT2D eigenvalue weighted by Crippen LogP contribution is -2.47. The quantitative estimate of drug-likeness (QED) is 0.192. The van der Waals surface area contributed by atoms with Gasteiger partial charge in [-0.15, -0.1) is 22.7 Å². The summed E-state index contributed by atoms with van der Waals surface area (Å²) in [6.45, 7) is 0. The number of para-hydroxylation sites is 1. The Hall–Kier alpha value is -4.70. The van der Waals surface area contributed by atoms with Crippen LogP contribution in [0.2, 0.25) is 0 Å². The highest BCUT2D eigenvalue weighted by atomic mass is 32.1. The van der Waals surface area contributed by atoms with Gasteiger partial charge in [-0.3, -0.25) is 0 Å². The lowest BCUT2D eigenvalue weighted by Gasteiger charge is -2.47. The Morgan fingerprint density at radius 3 is 2.05 bits per heavy atom. The van der Waals surface area contributed by atoms with Crippen molar-refractivity contribution < 1.29 is 4.74 Å². The van der Waals surface area contributed by atoms with Gasteiger partial charge in [0.1, 0.15) is 11.9 Å². The standard InChI is InChI=1S/C41H26OS2/c1-4-14-30-26(10-1)27-11-2-5-15-31(27)41(30)32-16-6-7-17-34(32)42-35-24-25(20-21-33(35)41)36-22-23-38(43-36)29-13-9-19-39-40(29)28-12-3-8-18-37(28)44-39/h1-24,33,35H. The maximum atomic E-state index is 6.87. The molecule has 44 heavy (non-hydrogen) atoms. The summed E-state index contributed by atoms with van der Waals surface area (Å²) in [5.74, 6) is 1.12. The van der Waals surface area contributed by atoms with Gasteiger partial charge in [-0.1, -0.05) is 109 Å². The molecule has 3 aliphatic rings. The molecule has 7 aromatic rings. The van der Waals surface area contributed by atoms with Gasteiger partial charge >= 0.3 is 0 Å². The first kappa shape index (κ1) is 24.7. The Kier molecular flexibility index (Phi) is 5.14. The predicted octanol–water partition coefficient (Wildman–Crippen LogP) is 11.1. The van der Waals surface area contributed by atoms with Crippen LogP contribution < -0.4 is 4.74 Å². The van der Waals surface area contributed by atoms with Crippen molar-refractivity contribution in [1.29, 1.82) is 0 Å². The molecule has 0 fully saturated rings. The van der Waals surface area contributed by atoms with Crippen LogP contribution in [-0.4, -0.2) is 6.10 Å². The van der Waals surface area contributed by atoms with Gasteiger partial charge in [-0.2, -0.15) is 0 Å². The maximum Gasteiger partial charge on any atom is 0.126 e. The largest absolute Gasteiger partial charge is 0.485 e. The van der Waals surface area contributed by atoms with Crippen LogP contribution in [0, 0.1) is 5.92 Å². The topological polar surface area (TPSA) is 9.23 Å². The Balaban J connectivity index is 1.11. The second kappa shape index (κ2) is 9.15. The van der Waals surface area contributed by atoms with E-state index in [1.807, 2.05) is 22.7 Å². The van der Waals surface area contributed by atoms with Crippen molar-refractivity contribution in [2.24, 2.45) is 5.92 Å². The van der Waals surface area contributed by atoms with E-state index in [4.69, 9.17) is 4.74 Å². The summed E-state index contributed by atoms with van der Waals surface area (Å²) < 4.78 is 9.55. The van der Waals surface area contributed by atoms with E-state index in [0.29, 0.717) is 0 Å². The lowest BCUT2D eigenvalue weighted by molar-refractivity contribution is 0.142. The molecular formula is C41H26OS2. The van der Waals surface area contributed by atoms with Crippen molar-refractivity contribution in [3.05, 3.63) is 167 Å². The molecule has 0 saturated carbocycles. The zero-order valence-electron chi connectivity index (χ0n) is 23.7. The summed E-state index contributed by atoms with van der Waals surface area (Å²) in [5, 5.41) is 2.71. The third kappa shape index (κ3) is 3.23. The lowest BCUT2D eigenvalue weighted by atomic mass is 9.60. The highest BCUT2D eigenvalue weighted by Crippen LogP contribution is 2.62. The van der Waals surface area contributed by atoms with E-state index in [2.05, 4.69) is 146 Å². The van der Waals surface area contributed by atoms with Crippen molar-refractivity contribution in [1.82, 2.24) is 0 Å². The highest BCUT2D eigenvalue weighted by Gasteiger charge is 2.55. The number of benzene rings is 5. The normalized spacial score (nSPS) is 18.9. The third-order valence-electron chi connectivity index (χ3n) is 9.81. The molecule has 2 atom stereocenters. The van der Waals surface area contributed by atoms with Gasteiger partial charge in [0, 0.05) is 47.0 Å². The molecule has 0 bridgehead atoms. The average Bonchev–Trinajstić information content (AvgIpc) is 3.79. The second-order valence-electron chi connectivity index (χ2n) is 11.9. The minimum Gasteiger partial charge on any atom is -0.485 e. The van der Waals surface area contributed by atoms with E-state index < -0.39 is 0 Å². The van der Waals surface area contributed by atoms with Gasteiger partial charge in [0.25, 0.3) is 0 Å². The average molecular weight is 599 g/mol. The van der Waals surface area contributed by atoms with Crippen molar-refractivity contribution in [2.75, 3.05) is 0 Å². The van der Waals surface area contributed by atoms with Crippen LogP contribution in [-0.2, 0) is 5.41 Å². The maximum absolute atomic E-state index is 6.87. The zero-order chi connectivity index (χ0) is 28.8. The van der Waals surface area contributed by atoms with Gasteiger partial charge in [-0.05, 0) is 64.2 Å². The van der Waals surface area contributed by atoms with Crippen LogP contribution in [0.5, 0.6) is 5.75 Å². The van der Waals surface area contributed by atoms with Crippen molar-refractivity contribution in [3.8, 4) is 27.3 Å². The minimum atomic E-state index is -0.304. The van der Waals surface area contributed by atoms with E-state index in [1.54, 1.807) is 0 Å². The summed E-state index contributed by atoms with van der Waals surface area (Å²) in [7, 11) is 0. The Labute approximate surface area is 264 Å². The molecule has 5 aromatic carbocycles. The first-order chi connectivity index (χ1) is 21.8. The Bertz CT molecular complexity index is 2300. The van der Waals surface area contributed by atoms with Crippen LogP contribution in [0.3, 0.4) is 0 Å². The van der Waals surface area contributed by atoms with Crippen molar-refractivity contribution >= 4 is 48.4 Å². The molecule has 2 unspecified atom stereocenters. The Morgan fingerprint density at radius 1 is 0.545 bits per heavy atom. The fourth-order valence-electron chi connectivity index (χ4n) is 8.07. The Morgan fingerprint density at radius 2 is 1.20 bits per heavy atom. The van der Waals surface area contributed by atoms with E-state index in [9.17, 15) is 0 Å². The van der Waals surface area contributed by atoms with Crippen molar-refractivity contribution in [2.45, 2.75) is 11.5 Å². The summed E-state index contributed by atoms with van der Waals surface area (Å²) in [4.78, 5) is 2.57. The molecule has 1 nitrogen and oxygen atoms in total. The highest BCUT2D eigenvalue weighted by molar-refractivity contribution is 7.26. The van der Waals surface area contributed by atoms with Crippen LogP contribution in [0.15, 0.2) is 146 Å². The smallest absolute Gasteiger partial charge is 0.126 e. The molecule has 1 aliphatic heterocycles. The van der Waals surface area contributed by atoms with E-state index in [1.165, 1.54) is 68.9 Å². The number of allylic oxidation sites excluding steroid dienone is 2. The number of hydrogen-bond donors (Lipinski definition) is 0. The number of ether oxygens (including phenoxy) is 1. The molecule has 10 rings (SSSR count). The van der Waals surface area contributed by atoms with Crippen LogP contribution in [0.1, 0.15) is 21.6 Å². The zero-order valence-corrected chi connectivity index (χ0v) is 25.4. The summed E-state index contributed by atoms with van der Waals surface area (Å²) in [6, 6.07) is 46.7. The third-order valence-corrected chi connectivity index (χ3v) is 12.1. The van der Waals surface area contributed by atoms with Crippen LogP contribution in [0.25, 0.3) is 47.3 Å². The van der Waals surface area contributed by atoms with Gasteiger partial charge in [-0.25, -0.2) is 0 Å². The number of fused-ring (bicyclic) bond motifs is 12. The summed E-state index contributed by atoms with van der Waals surface area (Å²) in [5.41, 5.74) is 8.93. The number of hydrogen-bond acceptors (Lipinski definition) is 3. The van der Waals surface area contributed by atoms with Gasteiger partial charge in [0.05, 0.1) is 5.41 Å². The SMILES string of the molecule is C1=CC2C(C=C1c1ccc(-c3cccc4sc5ccccc5c34)s1)Oc1ccccc1C21c2ccccc2-c2ccccc21. The number of rotatable bonds is 2. The minimum absolute atomic E-state index is 0.0843. The molecule has 3 heteroatoms. The van der Waals surface area contributed by atoms with Gasteiger partial charge < -0.3 is 4.74 Å². The molecule has 0 N–H and O–H groups in total. The van der Waals surface area contributed by atoms with Crippen molar-refractivity contribution in [3.63, 3.8) is 0 Å². The van der Waals surface area contributed by atoms with Crippen LogP contribution >= 0.6 is 22.7 Å². The summed E-state index contributed by atoms with van der Waals surface area (Å²) >= 11 is 3.75. The van der Waals surface area contributed by atoms with Crippen LogP contribution in [0.4, 0.5) is 0 Å². The molecular weight excluding hydrogens is 573 g/mol. The molecule has 0 amide bonds.